The summed E-state index contributed by atoms with van der Waals surface area (Å²) in [7, 11) is 0. The van der Waals surface area contributed by atoms with E-state index in [1.807, 2.05) is 29.6 Å². The molecule has 1 amide bonds. The van der Waals surface area contributed by atoms with Gasteiger partial charge in [0.25, 0.3) is 5.56 Å². The second kappa shape index (κ2) is 7.63. The van der Waals surface area contributed by atoms with Crippen molar-refractivity contribution in [2.24, 2.45) is 0 Å². The smallest absolute Gasteiger partial charge is 0.258 e. The molecule has 0 aliphatic rings. The van der Waals surface area contributed by atoms with Gasteiger partial charge in [0.2, 0.25) is 5.91 Å². The van der Waals surface area contributed by atoms with E-state index in [0.29, 0.717) is 22.2 Å². The molecule has 2 heterocycles. The zero-order valence-electron chi connectivity index (χ0n) is 13.2. The number of hydrogen-bond donors (Lipinski definition) is 1. The molecule has 2 aromatic heterocycles. The molecule has 3 rings (SSSR count). The molecule has 0 atom stereocenters. The zero-order chi connectivity index (χ0) is 16.9. The van der Waals surface area contributed by atoms with Gasteiger partial charge in [-0.2, -0.15) is 0 Å². The Hall–Kier alpha value is -2.12. The van der Waals surface area contributed by atoms with E-state index in [2.05, 4.69) is 17.2 Å². The average Bonchev–Trinajstić information content (AvgIpc) is 3.05. The topological polar surface area (TPSA) is 63.5 Å². The SMILES string of the molecule is CCc1ccc(NC(=O)CSCc2cc(=O)n3ccsc3n2)cc1. The summed E-state index contributed by atoms with van der Waals surface area (Å²) in [6, 6.07) is 9.37. The van der Waals surface area contributed by atoms with Crippen molar-refractivity contribution in [3.05, 3.63) is 63.5 Å². The Kier molecular flexibility index (Phi) is 5.32. The fourth-order valence-electron chi connectivity index (χ4n) is 2.23. The van der Waals surface area contributed by atoms with Crippen LogP contribution in [-0.4, -0.2) is 21.0 Å². The Morgan fingerprint density at radius 1 is 1.33 bits per heavy atom. The van der Waals surface area contributed by atoms with Crippen molar-refractivity contribution in [3.63, 3.8) is 0 Å². The first-order valence-corrected chi connectivity index (χ1v) is 9.61. The number of benzene rings is 1. The number of aromatic nitrogens is 2. The van der Waals surface area contributed by atoms with Crippen LogP contribution in [0, 0.1) is 0 Å². The summed E-state index contributed by atoms with van der Waals surface area (Å²) < 4.78 is 1.52. The van der Waals surface area contributed by atoms with Gasteiger partial charge in [-0.15, -0.1) is 23.1 Å². The van der Waals surface area contributed by atoms with E-state index >= 15 is 0 Å². The predicted molar refractivity (Wildman–Crippen MR) is 100.0 cm³/mol. The molecule has 0 aliphatic heterocycles. The number of aryl methyl sites for hydroxylation is 1. The van der Waals surface area contributed by atoms with Crippen LogP contribution < -0.4 is 10.9 Å². The van der Waals surface area contributed by atoms with Crippen molar-refractivity contribution in [1.29, 1.82) is 0 Å². The third-order valence-corrected chi connectivity index (χ3v) is 5.21. The lowest BCUT2D eigenvalue weighted by Crippen LogP contribution is -2.15. The molecule has 0 aliphatic carbocycles. The van der Waals surface area contributed by atoms with Gasteiger partial charge in [-0.05, 0) is 24.1 Å². The summed E-state index contributed by atoms with van der Waals surface area (Å²) in [6.45, 7) is 2.09. The number of thiazole rings is 1. The summed E-state index contributed by atoms with van der Waals surface area (Å²) in [5.41, 5.74) is 2.66. The normalized spacial score (nSPS) is 10.9. The third-order valence-electron chi connectivity index (χ3n) is 3.49. The van der Waals surface area contributed by atoms with E-state index < -0.39 is 0 Å². The van der Waals surface area contributed by atoms with Crippen LogP contribution in [0.25, 0.3) is 4.96 Å². The van der Waals surface area contributed by atoms with Gasteiger partial charge < -0.3 is 5.32 Å². The van der Waals surface area contributed by atoms with Gasteiger partial charge in [0.05, 0.1) is 11.4 Å². The highest BCUT2D eigenvalue weighted by Gasteiger charge is 2.06. The number of carbonyl (C=O) groups excluding carboxylic acids is 1. The maximum atomic E-state index is 12.0. The van der Waals surface area contributed by atoms with E-state index in [4.69, 9.17) is 0 Å². The van der Waals surface area contributed by atoms with Crippen LogP contribution in [0.15, 0.2) is 46.7 Å². The van der Waals surface area contributed by atoms with Crippen LogP contribution in [0.1, 0.15) is 18.2 Å². The molecule has 0 radical (unpaired) electrons. The molecule has 0 bridgehead atoms. The van der Waals surface area contributed by atoms with Crippen molar-refractivity contribution < 1.29 is 4.79 Å². The van der Waals surface area contributed by atoms with Crippen LogP contribution >= 0.6 is 23.1 Å². The molecule has 0 spiro atoms. The minimum Gasteiger partial charge on any atom is -0.325 e. The molecule has 1 aromatic carbocycles. The van der Waals surface area contributed by atoms with Crippen molar-refractivity contribution in [1.82, 2.24) is 9.38 Å². The second-order valence-corrected chi connectivity index (χ2v) is 7.09. The number of thioether (sulfide) groups is 1. The maximum absolute atomic E-state index is 12.0. The average molecular weight is 359 g/mol. The molecule has 7 heteroatoms. The summed E-state index contributed by atoms with van der Waals surface area (Å²) in [5, 5.41) is 4.70. The molecule has 0 saturated heterocycles. The number of nitrogens with one attached hydrogen (secondary N) is 1. The van der Waals surface area contributed by atoms with Crippen molar-refractivity contribution in [2.45, 2.75) is 19.1 Å². The van der Waals surface area contributed by atoms with E-state index in [0.717, 1.165) is 12.1 Å². The highest BCUT2D eigenvalue weighted by atomic mass is 32.2. The summed E-state index contributed by atoms with van der Waals surface area (Å²) in [6.07, 6.45) is 2.69. The number of rotatable bonds is 6. The van der Waals surface area contributed by atoms with Gasteiger partial charge >= 0.3 is 0 Å². The lowest BCUT2D eigenvalue weighted by molar-refractivity contribution is -0.113. The third kappa shape index (κ3) is 4.04. The molecular formula is C17H17N3O2S2. The van der Waals surface area contributed by atoms with Crippen LogP contribution in [0.2, 0.25) is 0 Å². The first-order valence-electron chi connectivity index (χ1n) is 7.58. The predicted octanol–water partition coefficient (Wildman–Crippen LogP) is 3.19. The largest absolute Gasteiger partial charge is 0.325 e. The van der Waals surface area contributed by atoms with Gasteiger partial charge in [0.1, 0.15) is 0 Å². The number of fused-ring (bicyclic) bond motifs is 1. The lowest BCUT2D eigenvalue weighted by Gasteiger charge is -2.06. The number of amides is 1. The minimum atomic E-state index is -0.0858. The van der Waals surface area contributed by atoms with Gasteiger partial charge in [-0.25, -0.2) is 4.98 Å². The van der Waals surface area contributed by atoms with Crippen LogP contribution in [0.5, 0.6) is 0 Å². The quantitative estimate of drug-likeness (QED) is 0.734. The number of hydrogen-bond acceptors (Lipinski definition) is 5. The molecule has 5 nitrogen and oxygen atoms in total. The van der Waals surface area contributed by atoms with E-state index in [-0.39, 0.29) is 11.5 Å². The van der Waals surface area contributed by atoms with Crippen molar-refractivity contribution in [2.75, 3.05) is 11.1 Å². The Bertz CT molecular complexity index is 900. The maximum Gasteiger partial charge on any atom is 0.258 e. The first kappa shape index (κ1) is 16.7. The number of carbonyl (C=O) groups is 1. The monoisotopic (exact) mass is 359 g/mol. The first-order chi connectivity index (χ1) is 11.7. The van der Waals surface area contributed by atoms with Gasteiger partial charge in [-0.1, -0.05) is 19.1 Å². The molecule has 124 valence electrons. The highest BCUT2D eigenvalue weighted by molar-refractivity contribution is 7.99. The highest BCUT2D eigenvalue weighted by Crippen LogP contribution is 2.14. The Labute approximate surface area is 147 Å². The standard InChI is InChI=1S/C17H17N3O2S2/c1-2-12-3-5-13(6-4-12)18-15(21)11-23-10-14-9-16(22)20-7-8-24-17(20)19-14/h3-9H,2,10-11H2,1H3,(H,18,21). The number of anilines is 1. The fraction of sp³-hybridized carbons (Fsp3) is 0.235. The Morgan fingerprint density at radius 2 is 2.12 bits per heavy atom. The molecule has 0 saturated carbocycles. The Balaban J connectivity index is 1.53. The lowest BCUT2D eigenvalue weighted by atomic mass is 10.1. The second-order valence-electron chi connectivity index (χ2n) is 5.23. The Morgan fingerprint density at radius 3 is 2.88 bits per heavy atom. The summed E-state index contributed by atoms with van der Waals surface area (Å²) >= 11 is 2.87. The van der Waals surface area contributed by atoms with Crippen molar-refractivity contribution >= 4 is 39.7 Å². The van der Waals surface area contributed by atoms with E-state index in [1.54, 1.807) is 6.20 Å². The number of nitrogens with zero attached hydrogens (tertiary/aromatic N) is 2. The fourth-order valence-corrected chi connectivity index (χ4v) is 3.69. The molecule has 1 N–H and O–H groups in total. The minimum absolute atomic E-state index is 0.0572. The van der Waals surface area contributed by atoms with E-state index in [9.17, 15) is 9.59 Å². The molecular weight excluding hydrogens is 342 g/mol. The van der Waals surface area contributed by atoms with Gasteiger partial charge in [0.15, 0.2) is 4.96 Å². The molecule has 0 fully saturated rings. The van der Waals surface area contributed by atoms with Crippen LogP contribution in [0.4, 0.5) is 5.69 Å². The van der Waals surface area contributed by atoms with Gasteiger partial charge in [0, 0.05) is 29.1 Å². The van der Waals surface area contributed by atoms with Crippen molar-refractivity contribution in [3.8, 4) is 0 Å². The summed E-state index contributed by atoms with van der Waals surface area (Å²) in [5.74, 6) is 0.797. The zero-order valence-corrected chi connectivity index (χ0v) is 14.8. The molecule has 3 aromatic rings. The van der Waals surface area contributed by atoms with Gasteiger partial charge in [-0.3, -0.25) is 14.0 Å². The van der Waals surface area contributed by atoms with E-state index in [1.165, 1.54) is 39.1 Å². The molecule has 24 heavy (non-hydrogen) atoms. The van der Waals surface area contributed by atoms with Crippen LogP contribution in [-0.2, 0) is 17.0 Å². The summed E-state index contributed by atoms with van der Waals surface area (Å²) in [4.78, 5) is 29.0. The molecule has 0 unspecified atom stereocenters. The van der Waals surface area contributed by atoms with Crippen LogP contribution in [0.3, 0.4) is 0 Å².